The minimum Gasteiger partial charge on any atom is -0.206 e. The summed E-state index contributed by atoms with van der Waals surface area (Å²) < 4.78 is 12.9. The normalized spacial score (nSPS) is 29.6. The van der Waals surface area contributed by atoms with Gasteiger partial charge in [-0.25, -0.2) is 4.39 Å². The van der Waals surface area contributed by atoms with Crippen LogP contribution in [0.2, 0.25) is 0 Å². The first-order chi connectivity index (χ1) is 6.68. The van der Waals surface area contributed by atoms with Crippen molar-refractivity contribution in [1.29, 1.82) is 5.26 Å². The molecule has 0 saturated heterocycles. The molecule has 0 N–H and O–H groups in total. The third-order valence-corrected chi connectivity index (χ3v) is 4.14. The lowest BCUT2D eigenvalue weighted by atomic mass is 10.3. The molecule has 0 aliphatic heterocycles. The van der Waals surface area contributed by atoms with Crippen molar-refractivity contribution in [2.45, 2.75) is 23.0 Å². The number of hydrogen-bond donors (Lipinski definition) is 0. The molecule has 2 rings (SSSR count). The van der Waals surface area contributed by atoms with Crippen LogP contribution in [0, 0.1) is 23.1 Å². The predicted molar refractivity (Wildman–Crippen MR) is 54.4 cm³/mol. The molecule has 1 fully saturated rings. The molecule has 3 heteroatoms. The van der Waals surface area contributed by atoms with Gasteiger partial charge in [-0.1, -0.05) is 19.1 Å². The first kappa shape index (κ1) is 9.54. The van der Waals surface area contributed by atoms with E-state index in [0.29, 0.717) is 10.8 Å². The molecule has 1 aromatic carbocycles. The molecule has 0 radical (unpaired) electrons. The summed E-state index contributed by atoms with van der Waals surface area (Å²) in [5.41, 5.74) is 0. The Hall–Kier alpha value is -1.01. The number of halogens is 1. The van der Waals surface area contributed by atoms with Gasteiger partial charge in [-0.3, -0.25) is 0 Å². The third kappa shape index (κ3) is 1.51. The lowest BCUT2D eigenvalue weighted by Crippen LogP contribution is -2.01. The Kier molecular flexibility index (Phi) is 2.24. The molecule has 1 aliphatic carbocycles. The Morgan fingerprint density at radius 1 is 1.57 bits per heavy atom. The third-order valence-electron chi connectivity index (χ3n) is 2.56. The zero-order valence-electron chi connectivity index (χ0n) is 7.83. The highest BCUT2D eigenvalue weighted by atomic mass is 32.2. The highest BCUT2D eigenvalue weighted by molar-refractivity contribution is 8.01. The molecule has 14 heavy (non-hydrogen) atoms. The van der Waals surface area contributed by atoms with E-state index in [9.17, 15) is 4.39 Å². The minimum absolute atomic E-state index is 0.230. The number of hydrogen-bond acceptors (Lipinski definition) is 2. The van der Waals surface area contributed by atoms with Crippen molar-refractivity contribution in [3.63, 3.8) is 0 Å². The molecular formula is C11H10FNS. The Morgan fingerprint density at radius 3 is 2.71 bits per heavy atom. The second-order valence-electron chi connectivity index (χ2n) is 3.64. The van der Waals surface area contributed by atoms with Crippen molar-refractivity contribution in [1.82, 2.24) is 0 Å². The van der Waals surface area contributed by atoms with E-state index in [1.54, 1.807) is 18.2 Å². The SMILES string of the molecule is CC1CC1(C#N)Sc1ccccc1F. The molecule has 1 aliphatic rings. The predicted octanol–water partition coefficient (Wildman–Crippen LogP) is 3.22. The maximum absolute atomic E-state index is 13.3. The van der Waals surface area contributed by atoms with Gasteiger partial charge in [-0.05, 0) is 24.5 Å². The number of nitrogens with zero attached hydrogens (tertiary/aromatic N) is 1. The van der Waals surface area contributed by atoms with Crippen LogP contribution in [0.3, 0.4) is 0 Å². The van der Waals surface area contributed by atoms with Gasteiger partial charge in [0, 0.05) is 4.90 Å². The van der Waals surface area contributed by atoms with Gasteiger partial charge in [0.25, 0.3) is 0 Å². The highest BCUT2D eigenvalue weighted by Gasteiger charge is 2.53. The summed E-state index contributed by atoms with van der Waals surface area (Å²) in [7, 11) is 0. The number of thioether (sulfide) groups is 1. The van der Waals surface area contributed by atoms with E-state index < -0.39 is 0 Å². The van der Waals surface area contributed by atoms with Gasteiger partial charge in [-0.15, -0.1) is 11.8 Å². The molecule has 0 amide bonds. The largest absolute Gasteiger partial charge is 0.206 e. The molecule has 1 aromatic rings. The lowest BCUT2D eigenvalue weighted by Gasteiger charge is -2.07. The fourth-order valence-electron chi connectivity index (χ4n) is 1.44. The monoisotopic (exact) mass is 207 g/mol. The van der Waals surface area contributed by atoms with Crippen LogP contribution in [0.5, 0.6) is 0 Å². The fourth-order valence-corrected chi connectivity index (χ4v) is 2.73. The number of nitriles is 1. The summed E-state index contributed by atoms with van der Waals surface area (Å²) >= 11 is 1.36. The molecular weight excluding hydrogens is 197 g/mol. The summed E-state index contributed by atoms with van der Waals surface area (Å²) in [4.78, 5) is 0.582. The summed E-state index contributed by atoms with van der Waals surface area (Å²) in [5, 5.41) is 8.99. The first-order valence-corrected chi connectivity index (χ1v) is 5.34. The van der Waals surface area contributed by atoms with Gasteiger partial charge in [-0.2, -0.15) is 5.26 Å². The standard InChI is InChI=1S/C11H10FNS/c1-8-6-11(8,7-13)14-10-5-3-2-4-9(10)12/h2-5,8H,6H2,1H3. The van der Waals surface area contributed by atoms with Crippen molar-refractivity contribution in [2.75, 3.05) is 0 Å². The topological polar surface area (TPSA) is 23.8 Å². The van der Waals surface area contributed by atoms with Crippen molar-refractivity contribution in [3.8, 4) is 6.07 Å². The van der Waals surface area contributed by atoms with E-state index in [1.807, 2.05) is 6.92 Å². The molecule has 0 heterocycles. The van der Waals surface area contributed by atoms with Crippen LogP contribution >= 0.6 is 11.8 Å². The summed E-state index contributed by atoms with van der Waals surface area (Å²) in [6.45, 7) is 2.02. The smallest absolute Gasteiger partial charge is 0.136 e. The molecule has 72 valence electrons. The highest BCUT2D eigenvalue weighted by Crippen LogP contribution is 2.56. The molecule has 1 nitrogen and oxygen atoms in total. The average molecular weight is 207 g/mol. The second kappa shape index (κ2) is 3.29. The van der Waals surface area contributed by atoms with Crippen molar-refractivity contribution in [3.05, 3.63) is 30.1 Å². The van der Waals surface area contributed by atoms with Gasteiger partial charge < -0.3 is 0 Å². The van der Waals surface area contributed by atoms with Gasteiger partial charge in [0.2, 0.25) is 0 Å². The van der Waals surface area contributed by atoms with Crippen LogP contribution in [0.15, 0.2) is 29.2 Å². The van der Waals surface area contributed by atoms with E-state index in [4.69, 9.17) is 5.26 Å². The Labute approximate surface area is 86.9 Å². The first-order valence-electron chi connectivity index (χ1n) is 4.53. The summed E-state index contributed by atoms with van der Waals surface area (Å²) in [6, 6.07) is 8.89. The van der Waals surface area contributed by atoms with E-state index in [0.717, 1.165) is 6.42 Å². The summed E-state index contributed by atoms with van der Waals surface area (Å²) in [5.74, 6) is 0.142. The Balaban J connectivity index is 2.20. The van der Waals surface area contributed by atoms with Gasteiger partial charge in [0.05, 0.1) is 6.07 Å². The van der Waals surface area contributed by atoms with E-state index >= 15 is 0 Å². The van der Waals surface area contributed by atoms with Crippen LogP contribution < -0.4 is 0 Å². The molecule has 2 unspecified atom stereocenters. The van der Waals surface area contributed by atoms with Gasteiger partial charge in [0.1, 0.15) is 10.6 Å². The maximum Gasteiger partial charge on any atom is 0.136 e. The Bertz CT molecular complexity index is 399. The van der Waals surface area contributed by atoms with Crippen LogP contribution in [0.25, 0.3) is 0 Å². The molecule has 0 bridgehead atoms. The second-order valence-corrected chi connectivity index (χ2v) is 5.01. The van der Waals surface area contributed by atoms with E-state index in [1.165, 1.54) is 17.8 Å². The lowest BCUT2D eigenvalue weighted by molar-refractivity contribution is 0.601. The van der Waals surface area contributed by atoms with Crippen LogP contribution in [-0.4, -0.2) is 4.75 Å². The average Bonchev–Trinajstić information content (AvgIpc) is 2.82. The number of rotatable bonds is 2. The van der Waals surface area contributed by atoms with Crippen molar-refractivity contribution in [2.24, 2.45) is 5.92 Å². The van der Waals surface area contributed by atoms with E-state index in [-0.39, 0.29) is 10.6 Å². The van der Waals surface area contributed by atoms with Crippen molar-refractivity contribution < 1.29 is 4.39 Å². The Morgan fingerprint density at radius 2 is 2.21 bits per heavy atom. The van der Waals surface area contributed by atoms with Crippen LogP contribution in [0.4, 0.5) is 4.39 Å². The van der Waals surface area contributed by atoms with Crippen LogP contribution in [-0.2, 0) is 0 Å². The van der Waals surface area contributed by atoms with Crippen LogP contribution in [0.1, 0.15) is 13.3 Å². The maximum atomic E-state index is 13.3. The van der Waals surface area contributed by atoms with Crippen molar-refractivity contribution >= 4 is 11.8 Å². The fraction of sp³-hybridized carbons (Fsp3) is 0.364. The quantitative estimate of drug-likeness (QED) is 0.743. The van der Waals surface area contributed by atoms with Gasteiger partial charge in [0.15, 0.2) is 0 Å². The summed E-state index contributed by atoms with van der Waals surface area (Å²) in [6.07, 6.45) is 0.864. The molecule has 2 atom stereocenters. The zero-order valence-corrected chi connectivity index (χ0v) is 8.64. The van der Waals surface area contributed by atoms with E-state index in [2.05, 4.69) is 6.07 Å². The number of benzene rings is 1. The zero-order chi connectivity index (χ0) is 10.2. The molecule has 1 saturated carbocycles. The molecule has 0 aromatic heterocycles. The minimum atomic E-state index is -0.373. The van der Waals surface area contributed by atoms with Gasteiger partial charge >= 0.3 is 0 Å². The molecule has 0 spiro atoms.